The van der Waals surface area contributed by atoms with E-state index >= 15 is 0 Å². The number of hydrogen-bond acceptors (Lipinski definition) is 6. The van der Waals surface area contributed by atoms with Crippen molar-refractivity contribution in [3.63, 3.8) is 0 Å². The van der Waals surface area contributed by atoms with Gasteiger partial charge < -0.3 is 18.3 Å². The summed E-state index contributed by atoms with van der Waals surface area (Å²) in [6, 6.07) is 19.0. The molecule has 0 unspecified atom stereocenters. The zero-order chi connectivity index (χ0) is 22.6. The van der Waals surface area contributed by atoms with Crippen molar-refractivity contribution in [3.05, 3.63) is 84.1 Å². The summed E-state index contributed by atoms with van der Waals surface area (Å²) in [5.41, 5.74) is 4.69. The molecule has 7 heteroatoms. The Hall–Kier alpha value is -3.84. The Morgan fingerprint density at radius 1 is 0.750 bits per heavy atom. The average molecular weight is 445 g/mol. The van der Waals surface area contributed by atoms with Gasteiger partial charge in [0.2, 0.25) is 0 Å². The van der Waals surface area contributed by atoms with Gasteiger partial charge in [-0.1, -0.05) is 24.3 Å². The molecule has 0 bridgehead atoms. The van der Waals surface area contributed by atoms with E-state index in [0.29, 0.717) is 23.0 Å². The van der Waals surface area contributed by atoms with Crippen molar-refractivity contribution < 1.29 is 18.3 Å². The molecule has 0 radical (unpaired) electrons. The number of aliphatic imine (C=N–C) groups is 2. The minimum absolute atomic E-state index is 0.543. The summed E-state index contributed by atoms with van der Waals surface area (Å²) in [5.74, 6) is 2.25. The minimum Gasteiger partial charge on any atom is -0.506 e. The van der Waals surface area contributed by atoms with Gasteiger partial charge in [0, 0.05) is 30.1 Å². The average Bonchev–Trinajstić information content (AvgIpc) is 2.83. The number of rotatable bonds is 3. The normalized spacial score (nSPS) is 17.1. The summed E-state index contributed by atoms with van der Waals surface area (Å²) in [6.07, 6.45) is 3.49. The van der Waals surface area contributed by atoms with Crippen molar-refractivity contribution in [3.8, 4) is 23.0 Å². The van der Waals surface area contributed by atoms with Gasteiger partial charge in [-0.15, -0.1) is 6.58 Å². The highest BCUT2D eigenvalue weighted by atomic mass is 28.4. The molecule has 0 saturated carbocycles. The van der Waals surface area contributed by atoms with E-state index in [9.17, 15) is 0 Å². The number of fused-ring (bicyclic) bond motifs is 3. The standard InChI is InChI=1S/C25H24N2O4Si/c1-5-32(4)30-24-18(10-8-14-22(24)28-2)16-26-20-12-6-7-13-21(20)27-17-19-11-9-15-23(29-3)25(19)31-32/h5-17H,1H2,2-4H3. The highest BCUT2D eigenvalue weighted by molar-refractivity contribution is 6.72. The molecule has 3 aromatic carbocycles. The topological polar surface area (TPSA) is 61.6 Å². The Morgan fingerprint density at radius 2 is 1.22 bits per heavy atom. The summed E-state index contributed by atoms with van der Waals surface area (Å²) in [4.78, 5) is 9.36. The van der Waals surface area contributed by atoms with Crippen LogP contribution in [0, 0.1) is 0 Å². The van der Waals surface area contributed by atoms with Crippen LogP contribution in [0.3, 0.4) is 0 Å². The second-order valence-electron chi connectivity index (χ2n) is 7.19. The molecular formula is C25H24N2O4Si. The molecule has 1 aliphatic rings. The molecule has 0 amide bonds. The van der Waals surface area contributed by atoms with Crippen molar-refractivity contribution in [2.45, 2.75) is 6.55 Å². The van der Waals surface area contributed by atoms with Crippen LogP contribution in [-0.2, 0) is 0 Å². The summed E-state index contributed by atoms with van der Waals surface area (Å²) >= 11 is 0. The van der Waals surface area contributed by atoms with Crippen molar-refractivity contribution in [1.82, 2.24) is 0 Å². The van der Waals surface area contributed by atoms with Crippen molar-refractivity contribution in [1.29, 1.82) is 0 Å². The van der Waals surface area contributed by atoms with Crippen molar-refractivity contribution >= 4 is 32.4 Å². The Kier molecular flexibility index (Phi) is 6.09. The molecule has 0 fully saturated rings. The summed E-state index contributed by atoms with van der Waals surface area (Å²) in [7, 11) is 0.207. The zero-order valence-electron chi connectivity index (χ0n) is 18.2. The Bertz CT molecular complexity index is 1120. The number of ether oxygens (including phenoxy) is 2. The van der Waals surface area contributed by atoms with E-state index in [1.54, 1.807) is 32.3 Å². The van der Waals surface area contributed by atoms with Crippen LogP contribution in [0.5, 0.6) is 23.0 Å². The fraction of sp³-hybridized carbons (Fsp3) is 0.120. The molecule has 0 atom stereocenters. The first-order valence-corrected chi connectivity index (χ1v) is 12.5. The number of para-hydroxylation sites is 4. The predicted molar refractivity (Wildman–Crippen MR) is 130 cm³/mol. The molecule has 1 aliphatic heterocycles. The first kappa shape index (κ1) is 21.4. The van der Waals surface area contributed by atoms with Gasteiger partial charge in [-0.25, -0.2) is 0 Å². The molecule has 3 aromatic rings. The fourth-order valence-corrected chi connectivity index (χ4v) is 4.73. The van der Waals surface area contributed by atoms with Crippen LogP contribution in [-0.4, -0.2) is 35.2 Å². The SMILES string of the molecule is C=C[Si]1(C)Oc2c(cccc2OC)C=Nc2ccccc2N=Cc2cccc(OC)c2O1. The van der Waals surface area contributed by atoms with Crippen molar-refractivity contribution in [2.75, 3.05) is 14.2 Å². The van der Waals surface area contributed by atoms with Crippen LogP contribution < -0.4 is 18.3 Å². The molecule has 32 heavy (non-hydrogen) atoms. The van der Waals surface area contributed by atoms with Gasteiger partial charge in [0.25, 0.3) is 0 Å². The number of benzene rings is 3. The van der Waals surface area contributed by atoms with Gasteiger partial charge in [-0.2, -0.15) is 0 Å². The summed E-state index contributed by atoms with van der Waals surface area (Å²) < 4.78 is 24.1. The van der Waals surface area contributed by atoms with Crippen LogP contribution >= 0.6 is 0 Å². The lowest BCUT2D eigenvalue weighted by Gasteiger charge is -2.28. The van der Waals surface area contributed by atoms with Gasteiger partial charge >= 0.3 is 8.56 Å². The predicted octanol–water partition coefficient (Wildman–Crippen LogP) is 5.77. The Labute approximate surface area is 188 Å². The maximum Gasteiger partial charge on any atom is 0.484 e. The first-order chi connectivity index (χ1) is 15.6. The maximum atomic E-state index is 6.49. The molecule has 0 aliphatic carbocycles. The quantitative estimate of drug-likeness (QED) is 0.481. The lowest BCUT2D eigenvalue weighted by Crippen LogP contribution is -2.44. The van der Waals surface area contributed by atoms with Crippen molar-refractivity contribution in [2.24, 2.45) is 9.98 Å². The van der Waals surface area contributed by atoms with E-state index in [1.807, 2.05) is 67.2 Å². The van der Waals surface area contributed by atoms with E-state index in [1.165, 1.54) is 0 Å². The molecule has 0 N–H and O–H groups in total. The molecule has 4 rings (SSSR count). The monoisotopic (exact) mass is 444 g/mol. The van der Waals surface area contributed by atoms with E-state index in [0.717, 1.165) is 22.5 Å². The second kappa shape index (κ2) is 9.11. The fourth-order valence-electron chi connectivity index (χ4n) is 3.28. The van der Waals surface area contributed by atoms with E-state index in [4.69, 9.17) is 18.3 Å². The van der Waals surface area contributed by atoms with Crippen LogP contribution in [0.2, 0.25) is 6.55 Å². The van der Waals surface area contributed by atoms with E-state index < -0.39 is 8.56 Å². The third-order valence-electron chi connectivity index (χ3n) is 5.01. The minimum atomic E-state index is -3.00. The number of methoxy groups -OCH3 is 2. The highest BCUT2D eigenvalue weighted by Crippen LogP contribution is 2.38. The second-order valence-corrected chi connectivity index (χ2v) is 10.0. The molecule has 0 spiro atoms. The molecule has 0 saturated heterocycles. The first-order valence-electron chi connectivity index (χ1n) is 10.1. The molecule has 162 valence electrons. The van der Waals surface area contributed by atoms with Crippen LogP contribution in [0.4, 0.5) is 11.4 Å². The number of hydrogen-bond donors (Lipinski definition) is 0. The third-order valence-corrected chi connectivity index (χ3v) is 6.97. The van der Waals surface area contributed by atoms with Gasteiger partial charge in [0.05, 0.1) is 25.6 Å². The Morgan fingerprint density at radius 3 is 1.62 bits per heavy atom. The molecular weight excluding hydrogens is 420 g/mol. The summed E-state index contributed by atoms with van der Waals surface area (Å²) in [5, 5.41) is 0. The van der Waals surface area contributed by atoms with Gasteiger partial charge in [0.1, 0.15) is 0 Å². The lowest BCUT2D eigenvalue weighted by atomic mass is 10.2. The van der Waals surface area contributed by atoms with Crippen LogP contribution in [0.15, 0.2) is 82.9 Å². The lowest BCUT2D eigenvalue weighted by molar-refractivity contribution is 0.349. The molecule has 0 aromatic heterocycles. The molecule has 1 heterocycles. The maximum absolute atomic E-state index is 6.49. The third kappa shape index (κ3) is 4.28. The van der Waals surface area contributed by atoms with E-state index in [2.05, 4.69) is 16.6 Å². The van der Waals surface area contributed by atoms with Gasteiger partial charge in [0.15, 0.2) is 23.0 Å². The van der Waals surface area contributed by atoms with Gasteiger partial charge in [-0.05, 0) is 42.1 Å². The molecule has 6 nitrogen and oxygen atoms in total. The van der Waals surface area contributed by atoms with E-state index in [-0.39, 0.29) is 0 Å². The zero-order valence-corrected chi connectivity index (χ0v) is 19.2. The van der Waals surface area contributed by atoms with Crippen LogP contribution in [0.1, 0.15) is 11.1 Å². The highest BCUT2D eigenvalue weighted by Gasteiger charge is 2.36. The van der Waals surface area contributed by atoms with Gasteiger partial charge in [-0.3, -0.25) is 9.98 Å². The smallest absolute Gasteiger partial charge is 0.484 e. The summed E-state index contributed by atoms with van der Waals surface area (Å²) in [6.45, 7) is 5.91. The van der Waals surface area contributed by atoms with Crippen LogP contribution in [0.25, 0.3) is 0 Å². The number of nitrogens with zero attached hydrogens (tertiary/aromatic N) is 2. The Balaban J connectivity index is 1.98. The largest absolute Gasteiger partial charge is 0.506 e.